The number of esters is 1. The molecule has 0 radical (unpaired) electrons. The zero-order valence-electron chi connectivity index (χ0n) is 22.0. The van der Waals surface area contributed by atoms with E-state index in [2.05, 4.69) is 47.6 Å². The van der Waals surface area contributed by atoms with E-state index in [9.17, 15) is 4.79 Å². The average molecular weight is 441 g/mol. The molecule has 0 unspecified atom stereocenters. The summed E-state index contributed by atoms with van der Waals surface area (Å²) in [5, 5.41) is 0. The molecule has 180 valence electrons. The van der Waals surface area contributed by atoms with Crippen molar-refractivity contribution in [1.29, 1.82) is 0 Å². The van der Waals surface area contributed by atoms with E-state index >= 15 is 0 Å². The maximum Gasteiger partial charge on any atom is 0.302 e. The van der Waals surface area contributed by atoms with Gasteiger partial charge in [0.1, 0.15) is 6.10 Å². The molecular formula is C30H48O2. The largest absolute Gasteiger partial charge is 0.463 e. The molecular weight excluding hydrogens is 392 g/mol. The van der Waals surface area contributed by atoms with Crippen molar-refractivity contribution in [2.24, 2.45) is 34.0 Å². The standard InChI is InChI=1S/C30H48O2/c1-20(2)9-8-10-21(3)25-14-17-30(7)27-12-11-23-19-24(32-22(4)31)13-16-28(23,5)26(27)15-18-29(25,30)6/h9,21,23-25H,8,10-19H2,1-7H3/t21-,23+,24+,25-,28+,29-,30+/m1/s1. The van der Waals surface area contributed by atoms with Crippen molar-refractivity contribution in [3.05, 3.63) is 22.8 Å². The van der Waals surface area contributed by atoms with Gasteiger partial charge in [0.25, 0.3) is 0 Å². The maximum absolute atomic E-state index is 11.5. The van der Waals surface area contributed by atoms with Crippen LogP contribution in [0.2, 0.25) is 0 Å². The van der Waals surface area contributed by atoms with Crippen LogP contribution in [0.3, 0.4) is 0 Å². The Balaban J connectivity index is 1.57. The van der Waals surface area contributed by atoms with Crippen molar-refractivity contribution < 1.29 is 9.53 Å². The Labute approximate surface area is 197 Å². The fraction of sp³-hybridized carbons (Fsp3) is 0.833. The average Bonchev–Trinajstić information content (AvgIpc) is 2.99. The molecule has 0 bridgehead atoms. The molecule has 4 rings (SSSR count). The fourth-order valence-corrected chi connectivity index (χ4v) is 8.94. The second-order valence-corrected chi connectivity index (χ2v) is 12.8. The van der Waals surface area contributed by atoms with Crippen molar-refractivity contribution in [2.45, 2.75) is 125 Å². The van der Waals surface area contributed by atoms with Crippen LogP contribution in [0.5, 0.6) is 0 Å². The van der Waals surface area contributed by atoms with E-state index in [1.807, 2.05) is 11.1 Å². The first kappa shape index (κ1) is 24.1. The number of fused-ring (bicyclic) bond motifs is 4. The number of carbonyl (C=O) groups excluding carboxylic acids is 1. The summed E-state index contributed by atoms with van der Waals surface area (Å²) in [6.45, 7) is 16.4. The van der Waals surface area contributed by atoms with Gasteiger partial charge in [-0.15, -0.1) is 0 Å². The molecule has 7 atom stereocenters. The fourth-order valence-electron chi connectivity index (χ4n) is 8.94. The Morgan fingerprint density at radius 3 is 2.47 bits per heavy atom. The highest BCUT2D eigenvalue weighted by atomic mass is 16.5. The number of hydrogen-bond acceptors (Lipinski definition) is 2. The highest BCUT2D eigenvalue weighted by molar-refractivity contribution is 5.66. The number of carbonyl (C=O) groups is 1. The molecule has 4 aliphatic rings. The normalized spacial score (nSPS) is 41.9. The van der Waals surface area contributed by atoms with Gasteiger partial charge in [-0.05, 0) is 118 Å². The minimum Gasteiger partial charge on any atom is -0.463 e. The summed E-state index contributed by atoms with van der Waals surface area (Å²) < 4.78 is 5.65. The summed E-state index contributed by atoms with van der Waals surface area (Å²) in [7, 11) is 0. The second kappa shape index (κ2) is 8.62. The predicted octanol–water partition coefficient (Wildman–Crippen LogP) is 8.41. The SMILES string of the molecule is CC(=O)O[C@H]1CC[C@]2(C)C3=C(CC[C@H]2C1)[C@]1(C)CC[C@H]([C@H](C)CCC=C(C)C)[C@@]1(C)CC3. The third kappa shape index (κ3) is 3.82. The molecule has 0 heterocycles. The number of hydrogen-bond donors (Lipinski definition) is 0. The summed E-state index contributed by atoms with van der Waals surface area (Å²) in [6.07, 6.45) is 16.5. The van der Waals surface area contributed by atoms with E-state index in [4.69, 9.17) is 4.74 Å². The highest BCUT2D eigenvalue weighted by Crippen LogP contribution is 2.71. The van der Waals surface area contributed by atoms with Gasteiger partial charge >= 0.3 is 5.97 Å². The van der Waals surface area contributed by atoms with E-state index in [1.54, 1.807) is 6.92 Å². The lowest BCUT2D eigenvalue weighted by molar-refractivity contribution is -0.150. The lowest BCUT2D eigenvalue weighted by atomic mass is 9.46. The van der Waals surface area contributed by atoms with Crippen molar-refractivity contribution >= 4 is 5.97 Å². The topological polar surface area (TPSA) is 26.3 Å². The van der Waals surface area contributed by atoms with Crippen LogP contribution in [0.1, 0.15) is 119 Å². The third-order valence-corrected chi connectivity index (χ3v) is 11.0. The van der Waals surface area contributed by atoms with Gasteiger partial charge in [0.15, 0.2) is 0 Å². The molecule has 2 heteroatoms. The van der Waals surface area contributed by atoms with Crippen LogP contribution in [-0.2, 0) is 9.53 Å². The van der Waals surface area contributed by atoms with Crippen LogP contribution >= 0.6 is 0 Å². The quantitative estimate of drug-likeness (QED) is 0.317. The molecule has 0 aromatic rings. The summed E-state index contributed by atoms with van der Waals surface area (Å²) in [5.41, 5.74) is 6.34. The third-order valence-electron chi connectivity index (χ3n) is 11.0. The Hall–Kier alpha value is -1.05. The first-order chi connectivity index (χ1) is 15.0. The van der Waals surface area contributed by atoms with Gasteiger partial charge in [-0.1, -0.05) is 50.5 Å². The summed E-state index contributed by atoms with van der Waals surface area (Å²) in [5.74, 6) is 2.25. The van der Waals surface area contributed by atoms with Gasteiger partial charge in [-0.25, -0.2) is 0 Å². The van der Waals surface area contributed by atoms with Gasteiger partial charge < -0.3 is 4.74 Å². The molecule has 2 nitrogen and oxygen atoms in total. The predicted molar refractivity (Wildman–Crippen MR) is 133 cm³/mol. The summed E-state index contributed by atoms with van der Waals surface area (Å²) in [6, 6.07) is 0. The van der Waals surface area contributed by atoms with Crippen LogP contribution < -0.4 is 0 Å². The monoisotopic (exact) mass is 440 g/mol. The molecule has 2 saturated carbocycles. The molecule has 0 N–H and O–H groups in total. The molecule has 0 spiro atoms. The lowest BCUT2D eigenvalue weighted by Crippen LogP contribution is -2.49. The van der Waals surface area contributed by atoms with Gasteiger partial charge in [0.05, 0.1) is 0 Å². The zero-order valence-corrected chi connectivity index (χ0v) is 22.0. The van der Waals surface area contributed by atoms with Crippen LogP contribution in [0.4, 0.5) is 0 Å². The Bertz CT molecular complexity index is 802. The minimum absolute atomic E-state index is 0.106. The summed E-state index contributed by atoms with van der Waals surface area (Å²) >= 11 is 0. The van der Waals surface area contributed by atoms with E-state index in [1.165, 1.54) is 63.4 Å². The van der Waals surface area contributed by atoms with E-state index in [0.717, 1.165) is 24.7 Å². The van der Waals surface area contributed by atoms with Crippen LogP contribution in [-0.4, -0.2) is 12.1 Å². The van der Waals surface area contributed by atoms with Crippen LogP contribution in [0.15, 0.2) is 22.8 Å². The van der Waals surface area contributed by atoms with Crippen molar-refractivity contribution in [1.82, 2.24) is 0 Å². The van der Waals surface area contributed by atoms with Gasteiger partial charge in [-0.2, -0.15) is 0 Å². The minimum atomic E-state index is -0.106. The van der Waals surface area contributed by atoms with Crippen LogP contribution in [0.25, 0.3) is 0 Å². The lowest BCUT2D eigenvalue weighted by Gasteiger charge is -2.59. The molecule has 2 fully saturated rings. The second-order valence-electron chi connectivity index (χ2n) is 12.8. The maximum atomic E-state index is 11.5. The van der Waals surface area contributed by atoms with Crippen molar-refractivity contribution in [3.8, 4) is 0 Å². The van der Waals surface area contributed by atoms with Gasteiger partial charge in [0, 0.05) is 6.92 Å². The summed E-state index contributed by atoms with van der Waals surface area (Å²) in [4.78, 5) is 11.5. The molecule has 0 aliphatic heterocycles. The number of rotatable bonds is 5. The van der Waals surface area contributed by atoms with Gasteiger partial charge in [-0.3, -0.25) is 4.79 Å². The molecule has 0 amide bonds. The first-order valence-corrected chi connectivity index (χ1v) is 13.5. The molecule has 0 aromatic heterocycles. The van der Waals surface area contributed by atoms with Crippen molar-refractivity contribution in [2.75, 3.05) is 0 Å². The van der Waals surface area contributed by atoms with E-state index in [-0.39, 0.29) is 12.1 Å². The Morgan fingerprint density at radius 2 is 1.78 bits per heavy atom. The van der Waals surface area contributed by atoms with Crippen LogP contribution in [0, 0.1) is 34.0 Å². The Morgan fingerprint density at radius 1 is 1.03 bits per heavy atom. The highest BCUT2D eigenvalue weighted by Gasteiger charge is 2.61. The number of ether oxygens (including phenoxy) is 1. The molecule has 32 heavy (non-hydrogen) atoms. The smallest absolute Gasteiger partial charge is 0.302 e. The van der Waals surface area contributed by atoms with E-state index in [0.29, 0.717) is 22.2 Å². The first-order valence-electron chi connectivity index (χ1n) is 13.5. The molecule has 0 aromatic carbocycles. The molecule has 4 aliphatic carbocycles. The van der Waals surface area contributed by atoms with Gasteiger partial charge in [0.2, 0.25) is 0 Å². The van der Waals surface area contributed by atoms with E-state index < -0.39 is 0 Å². The Kier molecular flexibility index (Phi) is 6.49. The van der Waals surface area contributed by atoms with Crippen molar-refractivity contribution in [3.63, 3.8) is 0 Å². The molecule has 0 saturated heterocycles. The number of allylic oxidation sites excluding steroid dienone is 4. The zero-order chi connectivity index (χ0) is 23.3.